The average Bonchev–Trinajstić information content (AvgIpc) is 3.01. The molecule has 2 aliphatic heterocycles. The summed E-state index contributed by atoms with van der Waals surface area (Å²) in [7, 11) is 0. The Kier molecular flexibility index (Phi) is 4.69. The number of morpholine rings is 1. The van der Waals surface area contributed by atoms with Gasteiger partial charge in [0.25, 0.3) is 0 Å². The highest BCUT2D eigenvalue weighted by Crippen LogP contribution is 2.20. The van der Waals surface area contributed by atoms with Crippen molar-refractivity contribution >= 4 is 5.91 Å². The molecule has 0 radical (unpaired) electrons. The van der Waals surface area contributed by atoms with Gasteiger partial charge in [0.05, 0.1) is 13.2 Å². The summed E-state index contributed by atoms with van der Waals surface area (Å²) in [5, 5.41) is 0. The molecule has 3 rings (SSSR count). The number of carbonyl (C=O) groups is 1. The Balaban J connectivity index is 1.62. The molecule has 3 heterocycles. The third kappa shape index (κ3) is 3.62. The van der Waals surface area contributed by atoms with Crippen LogP contribution >= 0.6 is 0 Å². The summed E-state index contributed by atoms with van der Waals surface area (Å²) in [6.07, 6.45) is 2.13. The summed E-state index contributed by atoms with van der Waals surface area (Å²) in [6.45, 7) is 8.33. The number of nitrogens with zero attached hydrogens (tertiary/aromatic N) is 4. The van der Waals surface area contributed by atoms with Crippen molar-refractivity contribution in [1.29, 1.82) is 0 Å². The molecular formula is C16H24N4O2. The summed E-state index contributed by atoms with van der Waals surface area (Å²) in [5.41, 5.74) is 1.91. The number of ether oxygens (including phenoxy) is 1. The Morgan fingerprint density at radius 3 is 2.59 bits per heavy atom. The van der Waals surface area contributed by atoms with Gasteiger partial charge in [-0.3, -0.25) is 9.69 Å². The van der Waals surface area contributed by atoms with Gasteiger partial charge in [-0.1, -0.05) is 0 Å². The monoisotopic (exact) mass is 304 g/mol. The number of carbonyl (C=O) groups excluding carboxylic acids is 1. The summed E-state index contributed by atoms with van der Waals surface area (Å²) >= 11 is 0. The summed E-state index contributed by atoms with van der Waals surface area (Å²) in [4.78, 5) is 25.4. The second kappa shape index (κ2) is 6.71. The molecule has 2 aliphatic rings. The van der Waals surface area contributed by atoms with Gasteiger partial charge in [-0.15, -0.1) is 0 Å². The van der Waals surface area contributed by atoms with E-state index >= 15 is 0 Å². The fourth-order valence-corrected chi connectivity index (χ4v) is 3.16. The average molecular weight is 304 g/mol. The maximum atomic E-state index is 12.3. The molecule has 6 heteroatoms. The van der Waals surface area contributed by atoms with Gasteiger partial charge in [0.2, 0.25) is 5.91 Å². The van der Waals surface area contributed by atoms with Gasteiger partial charge in [-0.05, 0) is 32.8 Å². The van der Waals surface area contributed by atoms with Crippen molar-refractivity contribution in [3.63, 3.8) is 0 Å². The normalized spacial score (nSPS) is 23.0. The predicted molar refractivity (Wildman–Crippen MR) is 82.5 cm³/mol. The third-order valence-corrected chi connectivity index (χ3v) is 4.26. The van der Waals surface area contributed by atoms with Gasteiger partial charge in [-0.25, -0.2) is 9.97 Å². The van der Waals surface area contributed by atoms with Crippen molar-refractivity contribution in [2.75, 3.05) is 39.3 Å². The largest absolute Gasteiger partial charge is 0.368 e. The lowest BCUT2D eigenvalue weighted by atomic mass is 10.2. The molecule has 1 atom stereocenters. The van der Waals surface area contributed by atoms with Gasteiger partial charge < -0.3 is 9.64 Å². The molecule has 1 aromatic rings. The van der Waals surface area contributed by atoms with Gasteiger partial charge >= 0.3 is 0 Å². The number of aromatic nitrogens is 2. The summed E-state index contributed by atoms with van der Waals surface area (Å²) < 4.78 is 5.82. The molecule has 0 aromatic carbocycles. The highest BCUT2D eigenvalue weighted by molar-refractivity contribution is 5.78. The minimum absolute atomic E-state index is 0.140. The van der Waals surface area contributed by atoms with Gasteiger partial charge in [-0.2, -0.15) is 0 Å². The van der Waals surface area contributed by atoms with Crippen LogP contribution in [0.5, 0.6) is 0 Å². The van der Waals surface area contributed by atoms with E-state index in [-0.39, 0.29) is 12.0 Å². The van der Waals surface area contributed by atoms with Crippen LogP contribution in [0.1, 0.15) is 36.2 Å². The minimum Gasteiger partial charge on any atom is -0.368 e. The lowest BCUT2D eigenvalue weighted by molar-refractivity contribution is -0.133. The van der Waals surface area contributed by atoms with E-state index in [1.165, 1.54) is 0 Å². The molecular weight excluding hydrogens is 280 g/mol. The topological polar surface area (TPSA) is 58.6 Å². The minimum atomic E-state index is -0.140. The molecule has 0 aliphatic carbocycles. The van der Waals surface area contributed by atoms with E-state index in [4.69, 9.17) is 4.74 Å². The van der Waals surface area contributed by atoms with Crippen molar-refractivity contribution in [3.05, 3.63) is 23.3 Å². The maximum Gasteiger partial charge on any atom is 0.236 e. The number of hydrogen-bond donors (Lipinski definition) is 0. The fraction of sp³-hybridized carbons (Fsp3) is 0.688. The van der Waals surface area contributed by atoms with Gasteiger partial charge in [0.1, 0.15) is 6.10 Å². The number of rotatable bonds is 3. The van der Waals surface area contributed by atoms with E-state index in [0.717, 1.165) is 49.7 Å². The lowest BCUT2D eigenvalue weighted by Gasteiger charge is -2.32. The van der Waals surface area contributed by atoms with E-state index < -0.39 is 0 Å². The Morgan fingerprint density at radius 1 is 1.23 bits per heavy atom. The first-order valence-corrected chi connectivity index (χ1v) is 8.06. The van der Waals surface area contributed by atoms with Gasteiger partial charge in [0, 0.05) is 37.6 Å². The van der Waals surface area contributed by atoms with Crippen LogP contribution in [-0.4, -0.2) is 65.0 Å². The van der Waals surface area contributed by atoms with Crippen LogP contribution in [0.25, 0.3) is 0 Å². The first kappa shape index (κ1) is 15.4. The quantitative estimate of drug-likeness (QED) is 0.836. The van der Waals surface area contributed by atoms with E-state index in [0.29, 0.717) is 19.7 Å². The van der Waals surface area contributed by atoms with Crippen LogP contribution in [0.3, 0.4) is 0 Å². The molecule has 6 nitrogen and oxygen atoms in total. The van der Waals surface area contributed by atoms with E-state index in [9.17, 15) is 4.79 Å². The SMILES string of the molecule is Cc1cc(C)nc([C@@H]2CN(CC(=O)N3CCCC3)CCO2)n1. The Bertz CT molecular complexity index is 523. The molecule has 1 amide bonds. The summed E-state index contributed by atoms with van der Waals surface area (Å²) in [6, 6.07) is 1.96. The Labute approximate surface area is 131 Å². The molecule has 22 heavy (non-hydrogen) atoms. The van der Waals surface area contributed by atoms with Crippen LogP contribution < -0.4 is 0 Å². The second-order valence-corrected chi connectivity index (χ2v) is 6.19. The lowest BCUT2D eigenvalue weighted by Crippen LogP contribution is -2.45. The van der Waals surface area contributed by atoms with Crippen LogP contribution in [0.15, 0.2) is 6.07 Å². The smallest absolute Gasteiger partial charge is 0.236 e. The van der Waals surface area contributed by atoms with Crippen LogP contribution in [0.4, 0.5) is 0 Å². The van der Waals surface area contributed by atoms with E-state index in [2.05, 4.69) is 14.9 Å². The maximum absolute atomic E-state index is 12.3. The molecule has 0 bridgehead atoms. The zero-order valence-electron chi connectivity index (χ0n) is 13.4. The van der Waals surface area contributed by atoms with Crippen LogP contribution in [0.2, 0.25) is 0 Å². The molecule has 0 spiro atoms. The molecule has 0 unspecified atom stereocenters. The summed E-state index contributed by atoms with van der Waals surface area (Å²) in [5.74, 6) is 0.968. The van der Waals surface area contributed by atoms with Crippen molar-refractivity contribution in [3.8, 4) is 0 Å². The van der Waals surface area contributed by atoms with Crippen molar-refractivity contribution in [2.45, 2.75) is 32.8 Å². The first-order chi connectivity index (χ1) is 10.6. The molecule has 1 aromatic heterocycles. The number of hydrogen-bond acceptors (Lipinski definition) is 5. The van der Waals surface area contributed by atoms with Crippen molar-refractivity contribution in [1.82, 2.24) is 19.8 Å². The molecule has 2 saturated heterocycles. The van der Waals surface area contributed by atoms with Crippen molar-refractivity contribution in [2.24, 2.45) is 0 Å². The number of aryl methyl sites for hydroxylation is 2. The third-order valence-electron chi connectivity index (χ3n) is 4.26. The number of likely N-dealkylation sites (tertiary alicyclic amines) is 1. The fourth-order valence-electron chi connectivity index (χ4n) is 3.16. The Hall–Kier alpha value is -1.53. The zero-order chi connectivity index (χ0) is 15.5. The zero-order valence-corrected chi connectivity index (χ0v) is 13.4. The number of amides is 1. The van der Waals surface area contributed by atoms with Crippen LogP contribution in [-0.2, 0) is 9.53 Å². The first-order valence-electron chi connectivity index (χ1n) is 8.06. The highest BCUT2D eigenvalue weighted by Gasteiger charge is 2.27. The van der Waals surface area contributed by atoms with Crippen molar-refractivity contribution < 1.29 is 9.53 Å². The van der Waals surface area contributed by atoms with E-state index in [1.807, 2.05) is 24.8 Å². The van der Waals surface area contributed by atoms with Crippen LogP contribution in [0, 0.1) is 13.8 Å². The molecule has 0 saturated carbocycles. The molecule has 2 fully saturated rings. The standard InChI is InChI=1S/C16H24N4O2/c1-12-9-13(2)18-16(17-12)14-10-19(7-8-22-14)11-15(21)20-5-3-4-6-20/h9,14H,3-8,10-11H2,1-2H3/t14-/m0/s1. The molecule has 120 valence electrons. The Morgan fingerprint density at radius 2 is 1.91 bits per heavy atom. The second-order valence-electron chi connectivity index (χ2n) is 6.19. The van der Waals surface area contributed by atoms with Gasteiger partial charge in [0.15, 0.2) is 5.82 Å². The molecule has 0 N–H and O–H groups in total. The highest BCUT2D eigenvalue weighted by atomic mass is 16.5. The predicted octanol–water partition coefficient (Wildman–Crippen LogP) is 1.09. The van der Waals surface area contributed by atoms with E-state index in [1.54, 1.807) is 0 Å².